The zero-order chi connectivity index (χ0) is 20.1. The predicted molar refractivity (Wildman–Crippen MR) is 115 cm³/mol. The zero-order valence-electron chi connectivity index (χ0n) is 15.6. The van der Waals surface area contributed by atoms with Crippen molar-refractivity contribution in [3.8, 4) is 34.5 Å². The summed E-state index contributed by atoms with van der Waals surface area (Å²) in [5.41, 5.74) is 12.8. The molecule has 0 radical (unpaired) electrons. The molecule has 5 nitrogen and oxygen atoms in total. The molecule has 0 spiro atoms. The van der Waals surface area contributed by atoms with Crippen LogP contribution in [0.3, 0.4) is 0 Å². The number of rotatable bonds is 6. The van der Waals surface area contributed by atoms with E-state index in [1.807, 2.05) is 72.8 Å². The van der Waals surface area contributed by atoms with Crippen LogP contribution in [-0.2, 0) is 0 Å². The summed E-state index contributed by atoms with van der Waals surface area (Å²) in [5, 5.41) is 0. The third-order valence-corrected chi connectivity index (χ3v) is 4.11. The first-order chi connectivity index (χ1) is 14.1. The monoisotopic (exact) mass is 384 g/mol. The van der Waals surface area contributed by atoms with Crippen LogP contribution >= 0.6 is 0 Å². The zero-order valence-corrected chi connectivity index (χ0v) is 15.6. The number of hydrogen-bond donors (Lipinski definition) is 2. The molecule has 4 N–H and O–H groups in total. The molecule has 0 heterocycles. The Kier molecular flexibility index (Phi) is 5.21. The van der Waals surface area contributed by atoms with Gasteiger partial charge in [-0.3, -0.25) is 0 Å². The highest BCUT2D eigenvalue weighted by atomic mass is 16.5. The SMILES string of the molecule is Nc1ccc(Oc2ccc(Oc3ccc(Oc4ccc(N)cc4)cc3)cc2)cc1. The number of ether oxygens (including phenoxy) is 3. The Hall–Kier alpha value is -4.12. The molecule has 0 bridgehead atoms. The van der Waals surface area contributed by atoms with E-state index in [9.17, 15) is 0 Å². The first-order valence-electron chi connectivity index (χ1n) is 9.09. The molecular weight excluding hydrogens is 364 g/mol. The van der Waals surface area contributed by atoms with Crippen molar-refractivity contribution in [2.75, 3.05) is 11.5 Å². The van der Waals surface area contributed by atoms with Crippen molar-refractivity contribution in [1.82, 2.24) is 0 Å². The average Bonchev–Trinajstić information content (AvgIpc) is 2.74. The lowest BCUT2D eigenvalue weighted by atomic mass is 10.3. The molecule has 0 saturated carbocycles. The van der Waals surface area contributed by atoms with E-state index in [1.165, 1.54) is 0 Å². The van der Waals surface area contributed by atoms with Crippen LogP contribution < -0.4 is 25.7 Å². The average molecular weight is 384 g/mol. The van der Waals surface area contributed by atoms with Gasteiger partial charge in [0.05, 0.1) is 0 Å². The van der Waals surface area contributed by atoms with Crippen LogP contribution in [0.15, 0.2) is 97.1 Å². The van der Waals surface area contributed by atoms with E-state index < -0.39 is 0 Å². The van der Waals surface area contributed by atoms with Crippen molar-refractivity contribution in [2.24, 2.45) is 0 Å². The lowest BCUT2D eigenvalue weighted by Gasteiger charge is -2.10. The molecule has 0 amide bonds. The van der Waals surface area contributed by atoms with Gasteiger partial charge in [0, 0.05) is 11.4 Å². The highest BCUT2D eigenvalue weighted by Crippen LogP contribution is 2.29. The molecule has 0 atom stereocenters. The quantitative estimate of drug-likeness (QED) is 0.385. The van der Waals surface area contributed by atoms with E-state index in [-0.39, 0.29) is 0 Å². The van der Waals surface area contributed by atoms with Crippen molar-refractivity contribution in [3.63, 3.8) is 0 Å². The predicted octanol–water partition coefficient (Wildman–Crippen LogP) is 6.23. The fraction of sp³-hybridized carbons (Fsp3) is 0. The summed E-state index contributed by atoms with van der Waals surface area (Å²) in [6.07, 6.45) is 0. The van der Waals surface area contributed by atoms with E-state index >= 15 is 0 Å². The molecule has 4 rings (SSSR count). The van der Waals surface area contributed by atoms with E-state index in [2.05, 4.69) is 0 Å². The number of benzene rings is 4. The fourth-order valence-corrected chi connectivity index (χ4v) is 2.63. The van der Waals surface area contributed by atoms with Gasteiger partial charge >= 0.3 is 0 Å². The summed E-state index contributed by atoms with van der Waals surface area (Å²) < 4.78 is 17.4. The van der Waals surface area contributed by atoms with Gasteiger partial charge in [-0.2, -0.15) is 0 Å². The van der Waals surface area contributed by atoms with Crippen LogP contribution in [0.5, 0.6) is 34.5 Å². The van der Waals surface area contributed by atoms with Gasteiger partial charge in [-0.1, -0.05) is 0 Å². The van der Waals surface area contributed by atoms with Gasteiger partial charge in [-0.25, -0.2) is 0 Å². The second-order valence-electron chi connectivity index (χ2n) is 6.39. The summed E-state index contributed by atoms with van der Waals surface area (Å²) >= 11 is 0. The molecule has 5 heteroatoms. The fourth-order valence-electron chi connectivity index (χ4n) is 2.63. The highest BCUT2D eigenvalue weighted by molar-refractivity contribution is 5.45. The van der Waals surface area contributed by atoms with Gasteiger partial charge in [0.1, 0.15) is 34.5 Å². The largest absolute Gasteiger partial charge is 0.457 e. The lowest BCUT2D eigenvalue weighted by Crippen LogP contribution is -1.88. The molecule has 0 aliphatic carbocycles. The summed E-state index contributed by atoms with van der Waals surface area (Å²) in [7, 11) is 0. The van der Waals surface area contributed by atoms with Crippen molar-refractivity contribution >= 4 is 11.4 Å². The molecule has 0 aliphatic heterocycles. The summed E-state index contributed by atoms with van der Waals surface area (Å²) in [6, 6.07) is 29.3. The van der Waals surface area contributed by atoms with Crippen molar-refractivity contribution in [2.45, 2.75) is 0 Å². The maximum atomic E-state index is 5.88. The Bertz CT molecular complexity index is 970. The van der Waals surface area contributed by atoms with E-state index in [0.29, 0.717) is 22.9 Å². The van der Waals surface area contributed by atoms with Gasteiger partial charge in [0.15, 0.2) is 0 Å². The van der Waals surface area contributed by atoms with E-state index in [4.69, 9.17) is 25.7 Å². The van der Waals surface area contributed by atoms with Crippen LogP contribution in [0.4, 0.5) is 11.4 Å². The van der Waals surface area contributed by atoms with E-state index in [0.717, 1.165) is 23.0 Å². The van der Waals surface area contributed by atoms with Crippen LogP contribution in [0.2, 0.25) is 0 Å². The smallest absolute Gasteiger partial charge is 0.127 e. The molecular formula is C24H20N2O3. The Labute approximate surface area is 169 Å². The van der Waals surface area contributed by atoms with Gasteiger partial charge in [0.2, 0.25) is 0 Å². The van der Waals surface area contributed by atoms with Gasteiger partial charge in [0.25, 0.3) is 0 Å². The maximum Gasteiger partial charge on any atom is 0.127 e. The molecule has 4 aromatic carbocycles. The van der Waals surface area contributed by atoms with E-state index in [1.54, 1.807) is 24.3 Å². The molecule has 0 aromatic heterocycles. The summed E-state index contributed by atoms with van der Waals surface area (Å²) in [5.74, 6) is 4.31. The normalized spacial score (nSPS) is 10.3. The van der Waals surface area contributed by atoms with Gasteiger partial charge in [-0.15, -0.1) is 0 Å². The van der Waals surface area contributed by atoms with Crippen LogP contribution in [0.1, 0.15) is 0 Å². The second kappa shape index (κ2) is 8.27. The number of hydrogen-bond acceptors (Lipinski definition) is 5. The Morgan fingerprint density at radius 2 is 0.483 bits per heavy atom. The molecule has 144 valence electrons. The van der Waals surface area contributed by atoms with Gasteiger partial charge < -0.3 is 25.7 Å². The minimum Gasteiger partial charge on any atom is -0.457 e. The number of nitrogen functional groups attached to an aromatic ring is 2. The molecule has 0 fully saturated rings. The third-order valence-electron chi connectivity index (χ3n) is 4.11. The minimum atomic E-state index is 0.700. The third kappa shape index (κ3) is 4.99. The Morgan fingerprint density at radius 3 is 0.690 bits per heavy atom. The van der Waals surface area contributed by atoms with Crippen molar-refractivity contribution in [1.29, 1.82) is 0 Å². The molecule has 4 aromatic rings. The number of nitrogens with two attached hydrogens (primary N) is 2. The van der Waals surface area contributed by atoms with Gasteiger partial charge in [-0.05, 0) is 97.1 Å². The second-order valence-corrected chi connectivity index (χ2v) is 6.39. The van der Waals surface area contributed by atoms with Crippen molar-refractivity contribution < 1.29 is 14.2 Å². The summed E-state index contributed by atoms with van der Waals surface area (Å²) in [4.78, 5) is 0. The highest BCUT2D eigenvalue weighted by Gasteiger charge is 2.02. The van der Waals surface area contributed by atoms with Crippen molar-refractivity contribution in [3.05, 3.63) is 97.1 Å². The first kappa shape index (κ1) is 18.3. The first-order valence-corrected chi connectivity index (χ1v) is 9.09. The topological polar surface area (TPSA) is 79.7 Å². The number of anilines is 2. The maximum absolute atomic E-state index is 5.88. The lowest BCUT2D eigenvalue weighted by molar-refractivity contribution is 0.464. The molecule has 0 aliphatic rings. The molecule has 29 heavy (non-hydrogen) atoms. The Balaban J connectivity index is 1.36. The van der Waals surface area contributed by atoms with Crippen LogP contribution in [-0.4, -0.2) is 0 Å². The van der Waals surface area contributed by atoms with Crippen LogP contribution in [0, 0.1) is 0 Å². The molecule has 0 unspecified atom stereocenters. The standard InChI is InChI=1S/C24H20N2O3/c25-17-1-5-19(6-2-17)27-21-9-13-23(14-10-21)29-24-15-11-22(12-16-24)28-20-7-3-18(26)4-8-20/h1-16H,25-26H2. The summed E-state index contributed by atoms with van der Waals surface area (Å²) in [6.45, 7) is 0. The Morgan fingerprint density at radius 1 is 0.310 bits per heavy atom. The minimum absolute atomic E-state index is 0.700. The van der Waals surface area contributed by atoms with Crippen LogP contribution in [0.25, 0.3) is 0 Å². The molecule has 0 saturated heterocycles.